The van der Waals surface area contributed by atoms with E-state index in [1.54, 1.807) is 16.4 Å². The summed E-state index contributed by atoms with van der Waals surface area (Å²) in [5.74, 6) is -0.623. The van der Waals surface area contributed by atoms with Crippen molar-refractivity contribution in [2.45, 2.75) is 37.5 Å². The molecular weight excluding hydrogens is 346 g/mol. The van der Waals surface area contributed by atoms with Crippen molar-refractivity contribution in [1.82, 2.24) is 14.9 Å². The van der Waals surface area contributed by atoms with E-state index in [4.69, 9.17) is 4.42 Å². The summed E-state index contributed by atoms with van der Waals surface area (Å²) in [7, 11) is -3.11. The van der Waals surface area contributed by atoms with E-state index in [1.165, 1.54) is 6.26 Å². The van der Waals surface area contributed by atoms with E-state index in [0.29, 0.717) is 38.2 Å². The Balaban J connectivity index is 1.36. The number of carbonyl (C=O) groups is 2. The molecule has 0 spiro atoms. The van der Waals surface area contributed by atoms with Crippen LogP contribution in [0.5, 0.6) is 0 Å². The fourth-order valence-electron chi connectivity index (χ4n) is 2.92. The van der Waals surface area contributed by atoms with Crippen LogP contribution in [0, 0.1) is 5.92 Å². The predicted molar refractivity (Wildman–Crippen MR) is 89.8 cm³/mol. The molecule has 138 valence electrons. The highest BCUT2D eigenvalue weighted by Gasteiger charge is 2.41. The monoisotopic (exact) mass is 369 g/mol. The van der Waals surface area contributed by atoms with Crippen molar-refractivity contribution >= 4 is 21.8 Å². The quantitative estimate of drug-likeness (QED) is 0.697. The van der Waals surface area contributed by atoms with Crippen molar-refractivity contribution in [3.05, 3.63) is 24.2 Å². The van der Waals surface area contributed by atoms with Gasteiger partial charge >= 0.3 is 11.8 Å². The van der Waals surface area contributed by atoms with Gasteiger partial charge in [0.15, 0.2) is 0 Å². The van der Waals surface area contributed by atoms with E-state index in [2.05, 4.69) is 10.6 Å². The van der Waals surface area contributed by atoms with Crippen LogP contribution in [0.4, 0.5) is 0 Å². The van der Waals surface area contributed by atoms with Gasteiger partial charge in [-0.15, -0.1) is 0 Å². The van der Waals surface area contributed by atoms with Gasteiger partial charge < -0.3 is 15.1 Å². The molecule has 1 aliphatic heterocycles. The summed E-state index contributed by atoms with van der Waals surface area (Å²) in [5.41, 5.74) is 0. The third-order valence-electron chi connectivity index (χ3n) is 4.64. The SMILES string of the molecule is O=C(NCc1ccco1)C(=O)NCC1CCN(S(=O)(=O)C2CC2)CC1. The molecule has 1 aliphatic carbocycles. The van der Waals surface area contributed by atoms with Gasteiger partial charge in [0.25, 0.3) is 0 Å². The fraction of sp³-hybridized carbons (Fsp3) is 0.625. The molecule has 0 radical (unpaired) electrons. The van der Waals surface area contributed by atoms with Gasteiger partial charge in [-0.25, -0.2) is 12.7 Å². The molecule has 2 heterocycles. The number of hydrogen-bond acceptors (Lipinski definition) is 5. The smallest absolute Gasteiger partial charge is 0.309 e. The topological polar surface area (TPSA) is 109 Å². The van der Waals surface area contributed by atoms with Crippen LogP contribution >= 0.6 is 0 Å². The van der Waals surface area contributed by atoms with E-state index in [9.17, 15) is 18.0 Å². The summed E-state index contributed by atoms with van der Waals surface area (Å²) < 4.78 is 31.0. The molecule has 25 heavy (non-hydrogen) atoms. The fourth-order valence-corrected chi connectivity index (χ4v) is 4.80. The third kappa shape index (κ3) is 4.60. The first-order valence-corrected chi connectivity index (χ1v) is 10.0. The minimum Gasteiger partial charge on any atom is -0.467 e. The molecule has 9 heteroatoms. The van der Waals surface area contributed by atoms with E-state index < -0.39 is 21.8 Å². The highest BCUT2D eigenvalue weighted by molar-refractivity contribution is 7.90. The second kappa shape index (κ2) is 7.57. The average Bonchev–Trinajstić information content (AvgIpc) is 3.36. The number of amides is 2. The zero-order chi connectivity index (χ0) is 17.9. The molecule has 2 N–H and O–H groups in total. The molecule has 3 rings (SSSR count). The van der Waals surface area contributed by atoms with Gasteiger partial charge in [0, 0.05) is 19.6 Å². The summed E-state index contributed by atoms with van der Waals surface area (Å²) in [5, 5.41) is 4.93. The lowest BCUT2D eigenvalue weighted by Crippen LogP contribution is -2.45. The first kappa shape index (κ1) is 17.9. The van der Waals surface area contributed by atoms with Crippen molar-refractivity contribution in [2.24, 2.45) is 5.92 Å². The van der Waals surface area contributed by atoms with Crippen LogP contribution in [0.1, 0.15) is 31.4 Å². The van der Waals surface area contributed by atoms with E-state index in [-0.39, 0.29) is 17.7 Å². The summed E-state index contributed by atoms with van der Waals surface area (Å²) in [4.78, 5) is 23.5. The van der Waals surface area contributed by atoms with Crippen LogP contribution in [-0.2, 0) is 26.2 Å². The van der Waals surface area contributed by atoms with Crippen molar-refractivity contribution in [3.8, 4) is 0 Å². The Kier molecular flexibility index (Phi) is 5.43. The van der Waals surface area contributed by atoms with Gasteiger partial charge in [-0.2, -0.15) is 0 Å². The molecule has 2 aliphatic rings. The molecular formula is C16H23N3O5S. The lowest BCUT2D eigenvalue weighted by Gasteiger charge is -2.31. The second-order valence-corrected chi connectivity index (χ2v) is 8.77. The van der Waals surface area contributed by atoms with Crippen LogP contribution in [0.3, 0.4) is 0 Å². The normalized spacial score (nSPS) is 19.5. The summed E-state index contributed by atoms with van der Waals surface area (Å²) in [6.07, 6.45) is 4.43. The molecule has 0 atom stereocenters. The molecule has 0 aromatic carbocycles. The molecule has 1 saturated heterocycles. The number of nitrogens with zero attached hydrogens (tertiary/aromatic N) is 1. The number of hydrogen-bond donors (Lipinski definition) is 2. The van der Waals surface area contributed by atoms with E-state index in [1.807, 2.05) is 0 Å². The van der Waals surface area contributed by atoms with Gasteiger partial charge in [-0.1, -0.05) is 0 Å². The summed E-state index contributed by atoms with van der Waals surface area (Å²) in [6, 6.07) is 3.42. The van der Waals surface area contributed by atoms with Gasteiger partial charge in [0.05, 0.1) is 18.1 Å². The minimum absolute atomic E-state index is 0.163. The van der Waals surface area contributed by atoms with E-state index >= 15 is 0 Å². The van der Waals surface area contributed by atoms with Crippen LogP contribution in [0.2, 0.25) is 0 Å². The lowest BCUT2D eigenvalue weighted by molar-refractivity contribution is -0.139. The van der Waals surface area contributed by atoms with Crippen LogP contribution in [0.25, 0.3) is 0 Å². The second-order valence-electron chi connectivity index (χ2n) is 6.56. The molecule has 2 fully saturated rings. The number of rotatable bonds is 6. The van der Waals surface area contributed by atoms with Gasteiger partial charge in [0.1, 0.15) is 5.76 Å². The Bertz CT molecular complexity index is 704. The number of sulfonamides is 1. The van der Waals surface area contributed by atoms with Crippen molar-refractivity contribution < 1.29 is 22.4 Å². The van der Waals surface area contributed by atoms with Gasteiger partial charge in [-0.3, -0.25) is 9.59 Å². The van der Waals surface area contributed by atoms with Crippen LogP contribution < -0.4 is 10.6 Å². The maximum atomic E-state index is 12.2. The summed E-state index contributed by atoms with van der Waals surface area (Å²) >= 11 is 0. The Labute approximate surface area is 147 Å². The molecule has 2 amide bonds. The Morgan fingerprint density at radius 1 is 1.12 bits per heavy atom. The summed E-state index contributed by atoms with van der Waals surface area (Å²) in [6.45, 7) is 1.52. The highest BCUT2D eigenvalue weighted by Crippen LogP contribution is 2.32. The maximum Gasteiger partial charge on any atom is 0.309 e. The lowest BCUT2D eigenvalue weighted by atomic mass is 9.98. The molecule has 8 nitrogen and oxygen atoms in total. The molecule has 1 saturated carbocycles. The van der Waals surface area contributed by atoms with Crippen LogP contribution in [-0.4, -0.2) is 49.4 Å². The molecule has 1 aromatic heterocycles. The van der Waals surface area contributed by atoms with Crippen LogP contribution in [0.15, 0.2) is 22.8 Å². The predicted octanol–water partition coefficient (Wildman–Crippen LogP) is 0.216. The van der Waals surface area contributed by atoms with Crippen molar-refractivity contribution in [1.29, 1.82) is 0 Å². The minimum atomic E-state index is -3.11. The number of nitrogens with one attached hydrogen (secondary N) is 2. The Hall–Kier alpha value is -1.87. The highest BCUT2D eigenvalue weighted by atomic mass is 32.2. The molecule has 1 aromatic rings. The number of carbonyl (C=O) groups excluding carboxylic acids is 2. The van der Waals surface area contributed by atoms with E-state index in [0.717, 1.165) is 12.8 Å². The Morgan fingerprint density at radius 2 is 1.80 bits per heavy atom. The zero-order valence-corrected chi connectivity index (χ0v) is 14.8. The standard InChI is InChI=1S/C16H23N3O5S/c20-15(16(21)18-11-13-2-1-9-24-13)17-10-12-5-7-19(8-6-12)25(22,23)14-3-4-14/h1-2,9,12,14H,3-8,10-11H2,(H,17,20)(H,18,21). The Morgan fingerprint density at radius 3 is 2.40 bits per heavy atom. The molecule has 0 unspecified atom stereocenters. The third-order valence-corrected chi connectivity index (χ3v) is 7.04. The number of furan rings is 1. The maximum absolute atomic E-state index is 12.2. The van der Waals surface area contributed by atoms with Gasteiger partial charge in [0.2, 0.25) is 10.0 Å². The average molecular weight is 369 g/mol. The van der Waals surface area contributed by atoms with Crippen molar-refractivity contribution in [2.75, 3.05) is 19.6 Å². The van der Waals surface area contributed by atoms with Gasteiger partial charge in [-0.05, 0) is 43.7 Å². The van der Waals surface area contributed by atoms with Crippen molar-refractivity contribution in [3.63, 3.8) is 0 Å². The first-order valence-electron chi connectivity index (χ1n) is 8.54. The first-order chi connectivity index (χ1) is 12.0. The number of piperidine rings is 1. The molecule has 0 bridgehead atoms. The zero-order valence-electron chi connectivity index (χ0n) is 13.9. The largest absolute Gasteiger partial charge is 0.467 e.